The number of hydrogen-bond acceptors (Lipinski definition) is 6. The molecule has 156 valence electrons. The Bertz CT molecular complexity index is 1260. The largest absolute Gasteiger partial charge is 0.494 e. The number of carbonyl (C=O) groups is 1. The van der Waals surface area contributed by atoms with Crippen LogP contribution in [0.5, 0.6) is 5.88 Å². The van der Waals surface area contributed by atoms with Crippen molar-refractivity contribution in [2.45, 2.75) is 18.5 Å². The SMILES string of the molecule is O=C(CON=C1C(c2c(O)[nH]c3ccccc23)=Nc2ccccc21)N1C[C@H]2C[C@@H]1CN2. The Balaban J connectivity index is 1.31. The van der Waals surface area contributed by atoms with Crippen LogP contribution in [0.2, 0.25) is 0 Å². The molecular weight excluding hydrogens is 394 g/mol. The number of aromatic hydroxyl groups is 1. The Labute approximate surface area is 178 Å². The first kappa shape index (κ1) is 18.1. The van der Waals surface area contributed by atoms with E-state index in [-0.39, 0.29) is 24.4 Å². The van der Waals surface area contributed by atoms with E-state index in [1.165, 1.54) is 0 Å². The zero-order valence-corrected chi connectivity index (χ0v) is 16.7. The maximum absolute atomic E-state index is 12.6. The van der Waals surface area contributed by atoms with Crippen LogP contribution in [0.3, 0.4) is 0 Å². The summed E-state index contributed by atoms with van der Waals surface area (Å²) in [5, 5.41) is 19.2. The minimum atomic E-state index is -0.123. The Hall–Kier alpha value is -3.65. The molecule has 2 fully saturated rings. The van der Waals surface area contributed by atoms with Crippen molar-refractivity contribution in [2.24, 2.45) is 10.1 Å². The van der Waals surface area contributed by atoms with Crippen molar-refractivity contribution < 1.29 is 14.7 Å². The van der Waals surface area contributed by atoms with Gasteiger partial charge in [0.1, 0.15) is 11.4 Å². The first-order chi connectivity index (χ1) is 15.2. The van der Waals surface area contributed by atoms with Crippen LogP contribution in [-0.4, -0.2) is 64.1 Å². The predicted octanol–water partition coefficient (Wildman–Crippen LogP) is 2.30. The highest BCUT2D eigenvalue weighted by atomic mass is 16.6. The summed E-state index contributed by atoms with van der Waals surface area (Å²) in [5.41, 5.74) is 3.96. The Kier molecular flexibility index (Phi) is 4.07. The summed E-state index contributed by atoms with van der Waals surface area (Å²) < 4.78 is 0. The lowest BCUT2D eigenvalue weighted by Gasteiger charge is -2.26. The highest BCUT2D eigenvalue weighted by molar-refractivity contribution is 6.58. The van der Waals surface area contributed by atoms with Crippen molar-refractivity contribution in [1.29, 1.82) is 0 Å². The third-order valence-electron chi connectivity index (χ3n) is 6.26. The monoisotopic (exact) mass is 415 g/mol. The van der Waals surface area contributed by atoms with Gasteiger partial charge in [0, 0.05) is 41.6 Å². The number of aliphatic imine (C=N–C) groups is 1. The molecule has 4 heterocycles. The van der Waals surface area contributed by atoms with Gasteiger partial charge in [-0.3, -0.25) is 4.79 Å². The van der Waals surface area contributed by atoms with Gasteiger partial charge < -0.3 is 25.1 Å². The van der Waals surface area contributed by atoms with Crippen LogP contribution in [0.15, 0.2) is 58.7 Å². The molecule has 0 spiro atoms. The van der Waals surface area contributed by atoms with E-state index in [9.17, 15) is 9.90 Å². The lowest BCUT2D eigenvalue weighted by molar-refractivity contribution is -0.137. The smallest absolute Gasteiger partial charge is 0.263 e. The maximum atomic E-state index is 12.6. The maximum Gasteiger partial charge on any atom is 0.263 e. The van der Waals surface area contributed by atoms with Gasteiger partial charge >= 0.3 is 0 Å². The number of para-hydroxylation sites is 2. The molecule has 2 bridgehead atoms. The summed E-state index contributed by atoms with van der Waals surface area (Å²) >= 11 is 0. The van der Waals surface area contributed by atoms with Crippen molar-refractivity contribution >= 4 is 33.9 Å². The summed E-state index contributed by atoms with van der Waals surface area (Å²) in [6.07, 6.45) is 1.00. The molecule has 6 rings (SSSR count). The average Bonchev–Trinajstić information content (AvgIpc) is 3.55. The van der Waals surface area contributed by atoms with Crippen LogP contribution in [0.25, 0.3) is 10.9 Å². The van der Waals surface area contributed by atoms with Gasteiger partial charge in [-0.15, -0.1) is 0 Å². The fraction of sp³-hybridized carbons (Fsp3) is 0.261. The molecule has 31 heavy (non-hydrogen) atoms. The highest BCUT2D eigenvalue weighted by Gasteiger charge is 2.40. The number of oxime groups is 1. The second kappa shape index (κ2) is 6.95. The summed E-state index contributed by atoms with van der Waals surface area (Å²) in [6, 6.07) is 15.9. The molecule has 2 aromatic carbocycles. The van der Waals surface area contributed by atoms with Crippen LogP contribution in [0, 0.1) is 0 Å². The van der Waals surface area contributed by atoms with Gasteiger partial charge in [0.2, 0.25) is 0 Å². The van der Waals surface area contributed by atoms with E-state index in [0.29, 0.717) is 23.0 Å². The average molecular weight is 415 g/mol. The number of nitrogens with one attached hydrogen (secondary N) is 2. The summed E-state index contributed by atoms with van der Waals surface area (Å²) in [5.74, 6) is -0.0322. The summed E-state index contributed by atoms with van der Waals surface area (Å²) in [7, 11) is 0. The van der Waals surface area contributed by atoms with Gasteiger partial charge in [0.05, 0.1) is 11.3 Å². The summed E-state index contributed by atoms with van der Waals surface area (Å²) in [4.78, 5) is 27.7. The van der Waals surface area contributed by atoms with E-state index in [1.807, 2.05) is 53.4 Å². The van der Waals surface area contributed by atoms with E-state index in [1.54, 1.807) is 0 Å². The van der Waals surface area contributed by atoms with E-state index in [0.717, 1.165) is 41.7 Å². The van der Waals surface area contributed by atoms with Gasteiger partial charge in [0.15, 0.2) is 12.5 Å². The molecule has 1 amide bonds. The van der Waals surface area contributed by atoms with Crippen molar-refractivity contribution in [3.05, 3.63) is 59.7 Å². The van der Waals surface area contributed by atoms with Gasteiger partial charge in [-0.1, -0.05) is 41.6 Å². The molecule has 0 unspecified atom stereocenters. The third kappa shape index (κ3) is 2.90. The van der Waals surface area contributed by atoms with E-state index in [4.69, 9.17) is 9.83 Å². The molecule has 1 aromatic heterocycles. The lowest BCUT2D eigenvalue weighted by Crippen LogP contribution is -2.47. The number of aromatic nitrogens is 1. The molecule has 0 radical (unpaired) electrons. The number of amides is 1. The number of likely N-dealkylation sites (tertiary alicyclic amines) is 1. The molecule has 2 atom stereocenters. The van der Waals surface area contributed by atoms with E-state index in [2.05, 4.69) is 15.5 Å². The molecule has 2 saturated heterocycles. The molecular formula is C23H21N5O3. The lowest BCUT2D eigenvalue weighted by atomic mass is 10.0. The van der Waals surface area contributed by atoms with Gasteiger partial charge in [-0.2, -0.15) is 0 Å². The molecule has 3 aliphatic heterocycles. The van der Waals surface area contributed by atoms with E-state index < -0.39 is 0 Å². The highest BCUT2D eigenvalue weighted by Crippen LogP contribution is 2.35. The zero-order chi connectivity index (χ0) is 20.9. The van der Waals surface area contributed by atoms with Crippen LogP contribution in [0.1, 0.15) is 17.5 Å². The number of fused-ring (bicyclic) bond motifs is 4. The van der Waals surface area contributed by atoms with Crippen LogP contribution in [-0.2, 0) is 9.63 Å². The van der Waals surface area contributed by atoms with Crippen LogP contribution < -0.4 is 5.32 Å². The molecule has 3 N–H and O–H groups in total. The van der Waals surface area contributed by atoms with Gasteiger partial charge in [0.25, 0.3) is 5.91 Å². The molecule has 8 nitrogen and oxygen atoms in total. The first-order valence-corrected chi connectivity index (χ1v) is 10.4. The van der Waals surface area contributed by atoms with Crippen molar-refractivity contribution in [2.75, 3.05) is 19.7 Å². The molecule has 8 heteroatoms. The Morgan fingerprint density at radius 3 is 2.90 bits per heavy atom. The van der Waals surface area contributed by atoms with Crippen molar-refractivity contribution in [1.82, 2.24) is 15.2 Å². The second-order valence-electron chi connectivity index (χ2n) is 8.13. The quantitative estimate of drug-likeness (QED) is 0.569. The molecule has 0 aliphatic carbocycles. The molecule has 3 aliphatic rings. The second-order valence-corrected chi connectivity index (χ2v) is 8.13. The van der Waals surface area contributed by atoms with Crippen molar-refractivity contribution in [3.8, 4) is 5.88 Å². The Morgan fingerprint density at radius 2 is 2.06 bits per heavy atom. The molecule has 3 aromatic rings. The number of piperazine rings is 1. The molecule has 0 saturated carbocycles. The third-order valence-corrected chi connectivity index (χ3v) is 6.26. The zero-order valence-electron chi connectivity index (χ0n) is 16.7. The van der Waals surface area contributed by atoms with Crippen LogP contribution in [0.4, 0.5) is 5.69 Å². The number of aromatic amines is 1. The normalized spacial score (nSPS) is 22.9. The number of carbonyl (C=O) groups excluding carboxylic acids is 1. The minimum absolute atomic E-state index is 0.0251. The van der Waals surface area contributed by atoms with E-state index >= 15 is 0 Å². The number of rotatable bonds is 4. The van der Waals surface area contributed by atoms with Crippen molar-refractivity contribution in [3.63, 3.8) is 0 Å². The number of nitrogens with zero attached hydrogens (tertiary/aromatic N) is 3. The number of H-pyrrole nitrogens is 1. The minimum Gasteiger partial charge on any atom is -0.494 e. The number of benzene rings is 2. The fourth-order valence-electron chi connectivity index (χ4n) is 4.81. The Morgan fingerprint density at radius 1 is 1.23 bits per heavy atom. The first-order valence-electron chi connectivity index (χ1n) is 10.4. The predicted molar refractivity (Wildman–Crippen MR) is 117 cm³/mol. The summed E-state index contributed by atoms with van der Waals surface area (Å²) in [6.45, 7) is 1.44. The standard InChI is InChI=1S/C23H21N5O3/c29-19(28-11-13-9-14(28)10-24-13)12-31-27-21-16-6-2-4-8-18(16)25-22(21)20-15-5-1-3-7-17(15)26-23(20)30/h1-8,13-14,24,26,30H,9-12H2/t13-,14-/m1/s1. The van der Waals surface area contributed by atoms with Gasteiger partial charge in [-0.05, 0) is 18.6 Å². The number of hydrogen-bond donors (Lipinski definition) is 3. The topological polar surface area (TPSA) is 102 Å². The fourth-order valence-corrected chi connectivity index (χ4v) is 4.81. The van der Waals surface area contributed by atoms with Crippen LogP contribution >= 0.6 is 0 Å². The van der Waals surface area contributed by atoms with Gasteiger partial charge in [-0.25, -0.2) is 4.99 Å².